The summed E-state index contributed by atoms with van der Waals surface area (Å²) >= 11 is 1.50. The Hall–Kier alpha value is -2.16. The predicted molar refractivity (Wildman–Crippen MR) is 126 cm³/mol. The van der Waals surface area contributed by atoms with Crippen molar-refractivity contribution in [2.45, 2.75) is 34.2 Å². The number of methoxy groups -OCH3 is 1. The number of rotatable bonds is 9. The first-order valence-corrected chi connectivity index (χ1v) is 10.9. The minimum Gasteiger partial charge on any atom is -0.497 e. The van der Waals surface area contributed by atoms with Crippen molar-refractivity contribution >= 4 is 45.0 Å². The summed E-state index contributed by atoms with van der Waals surface area (Å²) in [6.45, 7) is 12.2. The van der Waals surface area contributed by atoms with E-state index in [9.17, 15) is 4.79 Å². The molecule has 3 aromatic rings. The van der Waals surface area contributed by atoms with Crippen LogP contribution in [0.15, 0.2) is 24.3 Å². The first-order valence-electron chi connectivity index (χ1n) is 10.0. The summed E-state index contributed by atoms with van der Waals surface area (Å²) in [7, 11) is 1.65. The molecule has 1 amide bonds. The van der Waals surface area contributed by atoms with Gasteiger partial charge in [-0.05, 0) is 51.2 Å². The molecule has 0 atom stereocenters. The molecule has 30 heavy (non-hydrogen) atoms. The highest BCUT2D eigenvalue weighted by atomic mass is 35.5. The Morgan fingerprint density at radius 1 is 1.17 bits per heavy atom. The summed E-state index contributed by atoms with van der Waals surface area (Å²) in [5, 5.41) is 5.18. The van der Waals surface area contributed by atoms with E-state index >= 15 is 0 Å². The maximum atomic E-state index is 13.4. The van der Waals surface area contributed by atoms with Crippen molar-refractivity contribution in [2.75, 3.05) is 38.2 Å². The molecule has 0 saturated heterocycles. The fraction of sp³-hybridized carbons (Fsp3) is 0.476. The predicted octanol–water partition coefficient (Wildman–Crippen LogP) is 4.24. The van der Waals surface area contributed by atoms with E-state index in [-0.39, 0.29) is 18.3 Å². The zero-order chi connectivity index (χ0) is 21.0. The van der Waals surface area contributed by atoms with Gasteiger partial charge in [-0.2, -0.15) is 5.10 Å². The van der Waals surface area contributed by atoms with Crippen molar-refractivity contribution in [1.29, 1.82) is 0 Å². The number of halogens is 1. The molecule has 2 aromatic heterocycles. The van der Waals surface area contributed by atoms with Crippen LogP contribution in [0.5, 0.6) is 5.75 Å². The number of ether oxygens (including phenoxy) is 1. The molecule has 0 aliphatic heterocycles. The Balaban J connectivity index is 0.00000320. The summed E-state index contributed by atoms with van der Waals surface area (Å²) in [6.07, 6.45) is 0. The highest BCUT2D eigenvalue weighted by Crippen LogP contribution is 2.32. The Morgan fingerprint density at radius 3 is 2.50 bits per heavy atom. The maximum Gasteiger partial charge on any atom is 0.280 e. The van der Waals surface area contributed by atoms with E-state index in [1.807, 2.05) is 42.8 Å². The number of carbonyl (C=O) groups excluding carboxylic acids is 1. The molecular weight excluding hydrogens is 422 g/mol. The molecule has 0 bridgehead atoms. The first kappa shape index (κ1) is 24.1. The molecule has 0 spiro atoms. The zero-order valence-electron chi connectivity index (χ0n) is 18.2. The van der Waals surface area contributed by atoms with Gasteiger partial charge in [0.2, 0.25) is 0 Å². The van der Waals surface area contributed by atoms with Gasteiger partial charge < -0.3 is 9.64 Å². The number of anilines is 1. The Labute approximate surface area is 188 Å². The van der Waals surface area contributed by atoms with Crippen LogP contribution in [-0.2, 0) is 6.54 Å². The first-order chi connectivity index (χ1) is 14.0. The summed E-state index contributed by atoms with van der Waals surface area (Å²) < 4.78 is 8.17. The maximum absolute atomic E-state index is 13.4. The Kier molecular flexibility index (Phi) is 8.64. The van der Waals surface area contributed by atoms with Crippen LogP contribution in [0.1, 0.15) is 37.0 Å². The van der Waals surface area contributed by atoms with Gasteiger partial charge in [0.15, 0.2) is 10.8 Å². The third kappa shape index (κ3) is 5.11. The molecule has 2 heterocycles. The van der Waals surface area contributed by atoms with Crippen LogP contribution in [-0.4, -0.2) is 58.9 Å². The summed E-state index contributed by atoms with van der Waals surface area (Å²) in [4.78, 5) is 22.2. The molecule has 9 heteroatoms. The standard InChI is InChI=1S/C21H29N5O2S.ClH/c1-6-24(7-2)11-12-25(20(27)18-13-15(4)26(8-3)23-18)21-22-17-10-9-16(28-5)14-19(17)29-21;/h9-10,13-14H,6-8,11-12H2,1-5H3;1H. The normalized spacial score (nSPS) is 11.0. The van der Waals surface area contributed by atoms with Crippen molar-refractivity contribution in [2.24, 2.45) is 0 Å². The molecule has 164 valence electrons. The van der Waals surface area contributed by atoms with Crippen molar-refractivity contribution in [1.82, 2.24) is 19.7 Å². The smallest absolute Gasteiger partial charge is 0.280 e. The van der Waals surface area contributed by atoms with Crippen molar-refractivity contribution in [3.8, 4) is 5.75 Å². The van der Waals surface area contributed by atoms with Crippen molar-refractivity contribution < 1.29 is 9.53 Å². The number of benzene rings is 1. The van der Waals surface area contributed by atoms with Gasteiger partial charge in [-0.1, -0.05) is 25.2 Å². The number of hydrogen-bond donors (Lipinski definition) is 0. The Bertz CT molecular complexity index is 983. The van der Waals surface area contributed by atoms with Crippen LogP contribution in [0.2, 0.25) is 0 Å². The molecule has 1 aromatic carbocycles. The highest BCUT2D eigenvalue weighted by Gasteiger charge is 2.24. The Morgan fingerprint density at radius 2 is 1.90 bits per heavy atom. The number of nitrogens with zero attached hydrogens (tertiary/aromatic N) is 5. The second-order valence-electron chi connectivity index (χ2n) is 6.80. The zero-order valence-corrected chi connectivity index (χ0v) is 19.8. The number of likely N-dealkylation sites (N-methyl/N-ethyl adjacent to an activating group) is 1. The van der Waals surface area contributed by atoms with Crippen LogP contribution in [0.25, 0.3) is 10.2 Å². The SMILES string of the molecule is CCN(CC)CCN(C(=O)c1cc(C)n(CC)n1)c1nc2ccc(OC)cc2s1.Cl. The van der Waals surface area contributed by atoms with Crippen molar-refractivity contribution in [3.63, 3.8) is 0 Å². The van der Waals surface area contributed by atoms with E-state index < -0.39 is 0 Å². The molecule has 0 aliphatic carbocycles. The topological polar surface area (TPSA) is 63.5 Å². The number of aryl methyl sites for hydroxylation is 2. The van der Waals surface area contributed by atoms with E-state index in [0.29, 0.717) is 17.4 Å². The second kappa shape index (κ2) is 10.7. The van der Waals surface area contributed by atoms with E-state index in [1.54, 1.807) is 12.0 Å². The lowest BCUT2D eigenvalue weighted by Crippen LogP contribution is -2.39. The largest absolute Gasteiger partial charge is 0.497 e. The van der Waals surface area contributed by atoms with Crippen LogP contribution >= 0.6 is 23.7 Å². The molecule has 3 rings (SSSR count). The van der Waals surface area contributed by atoms with Crippen molar-refractivity contribution in [3.05, 3.63) is 35.7 Å². The molecule has 0 N–H and O–H groups in total. The minimum atomic E-state index is -0.113. The van der Waals surface area contributed by atoms with Gasteiger partial charge in [0.1, 0.15) is 5.75 Å². The lowest BCUT2D eigenvalue weighted by Gasteiger charge is -2.24. The average molecular weight is 452 g/mol. The molecular formula is C21H30ClN5O2S. The average Bonchev–Trinajstić information content (AvgIpc) is 3.33. The summed E-state index contributed by atoms with van der Waals surface area (Å²) in [5.74, 6) is 0.671. The second-order valence-corrected chi connectivity index (χ2v) is 7.81. The molecule has 0 fully saturated rings. The fourth-order valence-electron chi connectivity index (χ4n) is 3.27. The number of fused-ring (bicyclic) bond motifs is 1. The summed E-state index contributed by atoms with van der Waals surface area (Å²) in [6, 6.07) is 7.63. The number of amides is 1. The van der Waals surface area contributed by atoms with Crippen LogP contribution < -0.4 is 9.64 Å². The molecule has 0 unspecified atom stereocenters. The van der Waals surface area contributed by atoms with E-state index in [2.05, 4.69) is 23.8 Å². The molecule has 0 aliphatic rings. The van der Waals surface area contributed by atoms with Gasteiger partial charge in [-0.25, -0.2) is 4.98 Å². The molecule has 7 nitrogen and oxygen atoms in total. The molecule has 0 radical (unpaired) electrons. The van der Waals surface area contributed by atoms with Gasteiger partial charge in [0.05, 0.1) is 17.3 Å². The van der Waals surface area contributed by atoms with Gasteiger partial charge in [-0.15, -0.1) is 12.4 Å². The minimum absolute atomic E-state index is 0. The number of thiazole rings is 1. The fourth-order valence-corrected chi connectivity index (χ4v) is 4.29. The highest BCUT2D eigenvalue weighted by molar-refractivity contribution is 7.22. The lowest BCUT2D eigenvalue weighted by atomic mass is 10.3. The van der Waals surface area contributed by atoms with Crippen LogP contribution in [0, 0.1) is 6.92 Å². The molecule has 0 saturated carbocycles. The van der Waals surface area contributed by atoms with Crippen LogP contribution in [0.3, 0.4) is 0 Å². The third-order valence-corrected chi connectivity index (χ3v) is 6.14. The number of aromatic nitrogens is 3. The van der Waals surface area contributed by atoms with E-state index in [0.717, 1.165) is 47.8 Å². The summed E-state index contributed by atoms with van der Waals surface area (Å²) in [5.41, 5.74) is 2.30. The lowest BCUT2D eigenvalue weighted by molar-refractivity contribution is 0.0978. The number of hydrogen-bond acceptors (Lipinski definition) is 6. The van der Waals surface area contributed by atoms with Crippen LogP contribution in [0.4, 0.5) is 5.13 Å². The van der Waals surface area contributed by atoms with Gasteiger partial charge in [0.25, 0.3) is 5.91 Å². The van der Waals surface area contributed by atoms with E-state index in [4.69, 9.17) is 9.72 Å². The van der Waals surface area contributed by atoms with Gasteiger partial charge >= 0.3 is 0 Å². The quantitative estimate of drug-likeness (QED) is 0.487. The van der Waals surface area contributed by atoms with Gasteiger partial charge in [-0.3, -0.25) is 14.4 Å². The third-order valence-electron chi connectivity index (χ3n) is 5.09. The van der Waals surface area contributed by atoms with Gasteiger partial charge in [0, 0.05) is 25.3 Å². The number of carbonyl (C=O) groups is 1. The monoisotopic (exact) mass is 451 g/mol. The van der Waals surface area contributed by atoms with E-state index in [1.165, 1.54) is 11.3 Å².